The molecule has 1 atom stereocenters. The molecule has 5 nitrogen and oxygen atoms in total. The van der Waals surface area contributed by atoms with E-state index in [1.54, 1.807) is 4.68 Å². The van der Waals surface area contributed by atoms with Crippen LogP contribution in [0.3, 0.4) is 0 Å². The zero-order valence-electron chi connectivity index (χ0n) is 10.00. The van der Waals surface area contributed by atoms with Crippen LogP contribution in [0.15, 0.2) is 30.5 Å². The Morgan fingerprint density at radius 3 is 2.59 bits per heavy atom. The lowest BCUT2D eigenvalue weighted by molar-refractivity contribution is 0.301. The largest absolute Gasteiger partial charge is 0.487 e. The van der Waals surface area contributed by atoms with Gasteiger partial charge in [0.05, 0.1) is 6.20 Å². The Hall–Kier alpha value is -1.88. The molecule has 2 aromatic rings. The fourth-order valence-electron chi connectivity index (χ4n) is 1.49. The molecule has 0 radical (unpaired) electrons. The Morgan fingerprint density at radius 1 is 1.35 bits per heavy atom. The fraction of sp³-hybridized carbons (Fsp3) is 0.333. The van der Waals surface area contributed by atoms with Crippen molar-refractivity contribution in [2.24, 2.45) is 12.8 Å². The molecule has 0 bridgehead atoms. The molecule has 0 aliphatic rings. The Balaban J connectivity index is 1.95. The lowest BCUT2D eigenvalue weighted by Crippen LogP contribution is -2.04. The van der Waals surface area contributed by atoms with E-state index in [2.05, 4.69) is 10.3 Å². The van der Waals surface area contributed by atoms with Crippen molar-refractivity contribution >= 4 is 0 Å². The van der Waals surface area contributed by atoms with E-state index in [0.29, 0.717) is 6.61 Å². The summed E-state index contributed by atoms with van der Waals surface area (Å²) < 4.78 is 7.23. The number of hydrogen-bond donors (Lipinski definition) is 1. The van der Waals surface area contributed by atoms with Gasteiger partial charge in [-0.3, -0.25) is 4.68 Å². The molecule has 2 rings (SSSR count). The highest BCUT2D eigenvalue weighted by Crippen LogP contribution is 2.16. The van der Waals surface area contributed by atoms with Gasteiger partial charge in [0.2, 0.25) is 0 Å². The van der Waals surface area contributed by atoms with E-state index in [9.17, 15) is 0 Å². The van der Waals surface area contributed by atoms with Crippen LogP contribution in [0.1, 0.15) is 24.2 Å². The summed E-state index contributed by atoms with van der Waals surface area (Å²) >= 11 is 0. The average Bonchev–Trinajstić information content (AvgIpc) is 2.73. The SMILES string of the molecule is C[C@@H](N)c1ccc(OCc2cn(C)nn2)cc1. The molecule has 0 saturated heterocycles. The molecule has 0 saturated carbocycles. The van der Waals surface area contributed by atoms with Gasteiger partial charge in [-0.1, -0.05) is 17.3 Å². The molecule has 90 valence electrons. The molecule has 0 spiro atoms. The molecule has 0 amide bonds. The van der Waals surface area contributed by atoms with Crippen LogP contribution in [0.25, 0.3) is 0 Å². The topological polar surface area (TPSA) is 66.0 Å². The molecule has 0 fully saturated rings. The Kier molecular flexibility index (Phi) is 3.39. The van der Waals surface area contributed by atoms with Gasteiger partial charge in [-0.05, 0) is 24.6 Å². The van der Waals surface area contributed by atoms with Gasteiger partial charge in [0, 0.05) is 13.1 Å². The second kappa shape index (κ2) is 4.97. The quantitative estimate of drug-likeness (QED) is 0.865. The van der Waals surface area contributed by atoms with Crippen LogP contribution in [-0.4, -0.2) is 15.0 Å². The number of aryl methyl sites for hydroxylation is 1. The van der Waals surface area contributed by atoms with Crippen LogP contribution >= 0.6 is 0 Å². The minimum atomic E-state index is 0.0454. The van der Waals surface area contributed by atoms with Crippen molar-refractivity contribution in [3.05, 3.63) is 41.7 Å². The van der Waals surface area contributed by atoms with Gasteiger partial charge in [-0.2, -0.15) is 0 Å². The van der Waals surface area contributed by atoms with Crippen LogP contribution in [0, 0.1) is 0 Å². The third-order valence-corrected chi connectivity index (χ3v) is 2.44. The number of rotatable bonds is 4. The highest BCUT2D eigenvalue weighted by molar-refractivity contribution is 5.28. The van der Waals surface area contributed by atoms with E-state index in [4.69, 9.17) is 10.5 Å². The van der Waals surface area contributed by atoms with E-state index < -0.39 is 0 Å². The van der Waals surface area contributed by atoms with E-state index in [-0.39, 0.29) is 6.04 Å². The Labute approximate surface area is 100 Å². The molecular weight excluding hydrogens is 216 g/mol. The van der Waals surface area contributed by atoms with Crippen molar-refractivity contribution in [1.82, 2.24) is 15.0 Å². The fourth-order valence-corrected chi connectivity index (χ4v) is 1.49. The van der Waals surface area contributed by atoms with Crippen LogP contribution in [0.2, 0.25) is 0 Å². The minimum absolute atomic E-state index is 0.0454. The Bertz CT molecular complexity index is 476. The second-order valence-corrected chi connectivity index (χ2v) is 4.03. The first-order valence-corrected chi connectivity index (χ1v) is 5.48. The lowest BCUT2D eigenvalue weighted by atomic mass is 10.1. The van der Waals surface area contributed by atoms with Gasteiger partial charge in [0.15, 0.2) is 0 Å². The van der Waals surface area contributed by atoms with Gasteiger partial charge in [-0.15, -0.1) is 5.10 Å². The molecular formula is C12H16N4O. The van der Waals surface area contributed by atoms with Crippen LogP contribution in [0.5, 0.6) is 5.75 Å². The van der Waals surface area contributed by atoms with Crippen LogP contribution in [0.4, 0.5) is 0 Å². The first-order chi connectivity index (χ1) is 8.15. The van der Waals surface area contributed by atoms with Crippen molar-refractivity contribution in [2.45, 2.75) is 19.6 Å². The summed E-state index contributed by atoms with van der Waals surface area (Å²) in [6, 6.07) is 7.81. The molecule has 5 heteroatoms. The van der Waals surface area contributed by atoms with Crippen molar-refractivity contribution in [2.75, 3.05) is 0 Å². The lowest BCUT2D eigenvalue weighted by Gasteiger charge is -2.07. The van der Waals surface area contributed by atoms with Crippen LogP contribution < -0.4 is 10.5 Å². The van der Waals surface area contributed by atoms with Gasteiger partial charge in [0.25, 0.3) is 0 Å². The third kappa shape index (κ3) is 3.04. The number of nitrogens with zero attached hydrogens (tertiary/aromatic N) is 3. The van der Waals surface area contributed by atoms with E-state index in [1.165, 1.54) is 0 Å². The molecule has 1 aromatic carbocycles. The summed E-state index contributed by atoms with van der Waals surface area (Å²) in [5.74, 6) is 0.806. The summed E-state index contributed by atoms with van der Waals surface area (Å²) in [5, 5.41) is 7.78. The van der Waals surface area contributed by atoms with Gasteiger partial charge < -0.3 is 10.5 Å². The van der Waals surface area contributed by atoms with Crippen molar-refractivity contribution in [1.29, 1.82) is 0 Å². The summed E-state index contributed by atoms with van der Waals surface area (Å²) in [4.78, 5) is 0. The molecule has 0 aliphatic carbocycles. The van der Waals surface area contributed by atoms with E-state index in [1.807, 2.05) is 44.4 Å². The van der Waals surface area contributed by atoms with E-state index >= 15 is 0 Å². The average molecular weight is 232 g/mol. The normalized spacial score (nSPS) is 12.4. The molecule has 1 aromatic heterocycles. The first kappa shape index (κ1) is 11.6. The molecule has 2 N–H and O–H groups in total. The summed E-state index contributed by atoms with van der Waals surface area (Å²) in [6.45, 7) is 2.38. The molecule has 1 heterocycles. The molecule has 0 unspecified atom stereocenters. The summed E-state index contributed by atoms with van der Waals surface area (Å²) in [5.41, 5.74) is 7.67. The monoisotopic (exact) mass is 232 g/mol. The summed E-state index contributed by atoms with van der Waals surface area (Å²) in [6.07, 6.45) is 1.83. The first-order valence-electron chi connectivity index (χ1n) is 5.48. The molecule has 17 heavy (non-hydrogen) atoms. The number of ether oxygens (including phenoxy) is 1. The number of nitrogens with two attached hydrogens (primary N) is 1. The second-order valence-electron chi connectivity index (χ2n) is 4.03. The molecule has 0 aliphatic heterocycles. The van der Waals surface area contributed by atoms with Gasteiger partial charge >= 0.3 is 0 Å². The zero-order valence-corrected chi connectivity index (χ0v) is 10.00. The zero-order chi connectivity index (χ0) is 12.3. The van der Waals surface area contributed by atoms with Crippen molar-refractivity contribution in [3.8, 4) is 5.75 Å². The predicted octanol–water partition coefficient (Wildman–Crippen LogP) is 1.41. The number of benzene rings is 1. The number of hydrogen-bond acceptors (Lipinski definition) is 4. The minimum Gasteiger partial charge on any atom is -0.487 e. The predicted molar refractivity (Wildman–Crippen MR) is 64.4 cm³/mol. The highest BCUT2D eigenvalue weighted by Gasteiger charge is 2.02. The number of aromatic nitrogens is 3. The third-order valence-electron chi connectivity index (χ3n) is 2.44. The van der Waals surface area contributed by atoms with Crippen LogP contribution in [-0.2, 0) is 13.7 Å². The van der Waals surface area contributed by atoms with Crippen molar-refractivity contribution in [3.63, 3.8) is 0 Å². The maximum Gasteiger partial charge on any atom is 0.134 e. The van der Waals surface area contributed by atoms with Gasteiger partial charge in [-0.25, -0.2) is 0 Å². The smallest absolute Gasteiger partial charge is 0.134 e. The van der Waals surface area contributed by atoms with E-state index in [0.717, 1.165) is 17.0 Å². The van der Waals surface area contributed by atoms with Crippen molar-refractivity contribution < 1.29 is 4.74 Å². The Morgan fingerprint density at radius 2 is 2.06 bits per heavy atom. The maximum atomic E-state index is 5.77. The summed E-state index contributed by atoms with van der Waals surface area (Å²) in [7, 11) is 1.83. The maximum absolute atomic E-state index is 5.77. The highest BCUT2D eigenvalue weighted by atomic mass is 16.5. The standard InChI is InChI=1S/C12H16N4O/c1-9(13)10-3-5-12(6-4-10)17-8-11-7-16(2)15-14-11/h3-7,9H,8,13H2,1-2H3/t9-/m1/s1. The van der Waals surface area contributed by atoms with Gasteiger partial charge in [0.1, 0.15) is 18.1 Å².